The van der Waals surface area contributed by atoms with Crippen molar-refractivity contribution in [1.29, 1.82) is 0 Å². The molecule has 0 spiro atoms. The predicted molar refractivity (Wildman–Crippen MR) is 82.8 cm³/mol. The van der Waals surface area contributed by atoms with Crippen molar-refractivity contribution in [1.82, 2.24) is 0 Å². The highest BCUT2D eigenvalue weighted by molar-refractivity contribution is 9.10. The highest BCUT2D eigenvalue weighted by atomic mass is 79.9. The molecule has 0 aliphatic carbocycles. The van der Waals surface area contributed by atoms with E-state index >= 15 is 0 Å². The molecule has 0 aliphatic rings. The molecule has 17 heavy (non-hydrogen) atoms. The lowest BCUT2D eigenvalue weighted by Gasteiger charge is -2.19. The van der Waals surface area contributed by atoms with E-state index in [0.717, 1.165) is 0 Å². The molecular formula is C15H16Br2. The Morgan fingerprint density at radius 1 is 1.06 bits per heavy atom. The molecule has 0 nitrogen and oxygen atoms in total. The van der Waals surface area contributed by atoms with Crippen molar-refractivity contribution >= 4 is 42.6 Å². The summed E-state index contributed by atoms with van der Waals surface area (Å²) in [7, 11) is 0. The zero-order valence-corrected chi connectivity index (χ0v) is 13.3. The predicted octanol–water partition coefficient (Wildman–Crippen LogP) is 6.08. The third-order valence-corrected chi connectivity index (χ3v) is 5.43. The minimum absolute atomic E-state index is 0.422. The summed E-state index contributed by atoms with van der Waals surface area (Å²) in [4.78, 5) is 0.422. The van der Waals surface area contributed by atoms with Crippen molar-refractivity contribution in [3.8, 4) is 0 Å². The van der Waals surface area contributed by atoms with Crippen LogP contribution in [0, 0.1) is 5.92 Å². The zero-order chi connectivity index (χ0) is 12.4. The largest absolute Gasteiger partial charge is 0.0836 e. The topological polar surface area (TPSA) is 0 Å². The summed E-state index contributed by atoms with van der Waals surface area (Å²) < 4.78 is 1.17. The summed E-state index contributed by atoms with van der Waals surface area (Å²) >= 11 is 7.46. The molecule has 2 heteroatoms. The second-order valence-electron chi connectivity index (χ2n) is 4.47. The third kappa shape index (κ3) is 2.58. The molecule has 0 N–H and O–H groups in total. The van der Waals surface area contributed by atoms with E-state index < -0.39 is 0 Å². The molecule has 0 saturated heterocycles. The normalized spacial score (nSPS) is 14.8. The number of halogens is 2. The second kappa shape index (κ2) is 5.53. The van der Waals surface area contributed by atoms with Crippen LogP contribution in [0.3, 0.4) is 0 Å². The van der Waals surface area contributed by atoms with Crippen LogP contribution in [0.1, 0.15) is 30.7 Å². The SMILES string of the molecule is CCC(C)C(Br)c1ccc(Br)c2ccccc12. The third-order valence-electron chi connectivity index (χ3n) is 3.35. The Bertz CT molecular complexity index is 519. The number of hydrogen-bond donors (Lipinski definition) is 0. The summed E-state index contributed by atoms with van der Waals surface area (Å²) in [6, 6.07) is 12.9. The first-order valence-electron chi connectivity index (χ1n) is 5.96. The van der Waals surface area contributed by atoms with Gasteiger partial charge >= 0.3 is 0 Å². The van der Waals surface area contributed by atoms with E-state index in [4.69, 9.17) is 0 Å². The van der Waals surface area contributed by atoms with Crippen LogP contribution >= 0.6 is 31.9 Å². The molecule has 0 aliphatic heterocycles. The van der Waals surface area contributed by atoms with Gasteiger partial charge < -0.3 is 0 Å². The highest BCUT2D eigenvalue weighted by Gasteiger charge is 2.17. The van der Waals surface area contributed by atoms with E-state index in [2.05, 4.69) is 82.1 Å². The zero-order valence-electron chi connectivity index (χ0n) is 10.1. The lowest BCUT2D eigenvalue weighted by molar-refractivity contribution is 0.557. The summed E-state index contributed by atoms with van der Waals surface area (Å²) in [5.41, 5.74) is 1.39. The molecular weight excluding hydrogens is 340 g/mol. The van der Waals surface area contributed by atoms with Gasteiger partial charge in [-0.25, -0.2) is 0 Å². The van der Waals surface area contributed by atoms with Crippen molar-refractivity contribution in [3.05, 3.63) is 46.4 Å². The van der Waals surface area contributed by atoms with Crippen LogP contribution in [0.5, 0.6) is 0 Å². The summed E-state index contributed by atoms with van der Waals surface area (Å²) in [5.74, 6) is 0.639. The summed E-state index contributed by atoms with van der Waals surface area (Å²) in [6.07, 6.45) is 1.18. The summed E-state index contributed by atoms with van der Waals surface area (Å²) in [5, 5.41) is 2.63. The first-order chi connectivity index (χ1) is 8.15. The molecule has 0 fully saturated rings. The van der Waals surface area contributed by atoms with Crippen LogP contribution in [0.4, 0.5) is 0 Å². The fourth-order valence-corrected chi connectivity index (χ4v) is 3.29. The molecule has 2 aromatic carbocycles. The van der Waals surface area contributed by atoms with Gasteiger partial charge in [0.25, 0.3) is 0 Å². The van der Waals surface area contributed by atoms with Crippen LogP contribution in [-0.4, -0.2) is 0 Å². The molecule has 0 heterocycles. The lowest BCUT2D eigenvalue weighted by Crippen LogP contribution is -2.02. The van der Waals surface area contributed by atoms with Gasteiger partial charge in [-0.05, 0) is 28.3 Å². The first-order valence-corrected chi connectivity index (χ1v) is 7.67. The van der Waals surface area contributed by atoms with Crippen molar-refractivity contribution in [2.45, 2.75) is 25.1 Å². The number of rotatable bonds is 3. The van der Waals surface area contributed by atoms with Crippen LogP contribution < -0.4 is 0 Å². The van der Waals surface area contributed by atoms with Gasteiger partial charge in [-0.1, -0.05) is 82.5 Å². The van der Waals surface area contributed by atoms with Crippen molar-refractivity contribution < 1.29 is 0 Å². The van der Waals surface area contributed by atoms with E-state index in [-0.39, 0.29) is 0 Å². The fourth-order valence-electron chi connectivity index (χ4n) is 2.04. The Morgan fingerprint density at radius 3 is 2.35 bits per heavy atom. The fraction of sp³-hybridized carbons (Fsp3) is 0.333. The van der Waals surface area contributed by atoms with E-state index in [1.807, 2.05) is 0 Å². The van der Waals surface area contributed by atoms with E-state index in [1.54, 1.807) is 0 Å². The minimum atomic E-state index is 0.422. The Hall–Kier alpha value is -0.340. The standard InChI is InChI=1S/C15H16Br2/c1-3-10(2)15(17)13-8-9-14(16)12-7-5-4-6-11(12)13/h4-10,15H,3H2,1-2H3. The first kappa shape index (κ1) is 13.1. The van der Waals surface area contributed by atoms with E-state index in [0.29, 0.717) is 10.7 Å². The molecule has 90 valence electrons. The van der Waals surface area contributed by atoms with Gasteiger partial charge in [-0.2, -0.15) is 0 Å². The van der Waals surface area contributed by atoms with E-state index in [9.17, 15) is 0 Å². The Kier molecular flexibility index (Phi) is 4.26. The highest BCUT2D eigenvalue weighted by Crippen LogP contribution is 2.38. The molecule has 2 aromatic rings. The maximum atomic E-state index is 3.84. The average Bonchev–Trinajstić information content (AvgIpc) is 2.38. The van der Waals surface area contributed by atoms with Crippen molar-refractivity contribution in [2.24, 2.45) is 5.92 Å². The average molecular weight is 356 g/mol. The smallest absolute Gasteiger partial charge is 0.0426 e. The summed E-state index contributed by atoms with van der Waals surface area (Å²) in [6.45, 7) is 4.52. The van der Waals surface area contributed by atoms with Gasteiger partial charge in [-0.3, -0.25) is 0 Å². The maximum Gasteiger partial charge on any atom is 0.0426 e. The monoisotopic (exact) mass is 354 g/mol. The molecule has 0 radical (unpaired) electrons. The van der Waals surface area contributed by atoms with Gasteiger partial charge in [0.1, 0.15) is 0 Å². The molecule has 0 amide bonds. The van der Waals surface area contributed by atoms with Crippen molar-refractivity contribution in [3.63, 3.8) is 0 Å². The van der Waals surface area contributed by atoms with E-state index in [1.165, 1.54) is 27.2 Å². The molecule has 2 rings (SSSR count). The minimum Gasteiger partial charge on any atom is -0.0836 e. The van der Waals surface area contributed by atoms with Crippen LogP contribution in [0.15, 0.2) is 40.9 Å². The van der Waals surface area contributed by atoms with Gasteiger partial charge in [-0.15, -0.1) is 0 Å². The van der Waals surface area contributed by atoms with Gasteiger partial charge in [0.15, 0.2) is 0 Å². The molecule has 0 bridgehead atoms. The van der Waals surface area contributed by atoms with Crippen LogP contribution in [-0.2, 0) is 0 Å². The number of benzene rings is 2. The molecule has 0 saturated carbocycles. The Morgan fingerprint density at radius 2 is 1.71 bits per heavy atom. The molecule has 2 unspecified atom stereocenters. The van der Waals surface area contributed by atoms with Crippen LogP contribution in [0.2, 0.25) is 0 Å². The Balaban J connectivity index is 2.59. The maximum absolute atomic E-state index is 3.84. The number of fused-ring (bicyclic) bond motifs is 1. The second-order valence-corrected chi connectivity index (χ2v) is 6.31. The number of hydrogen-bond acceptors (Lipinski definition) is 0. The quantitative estimate of drug-likeness (QED) is 0.585. The number of alkyl halides is 1. The van der Waals surface area contributed by atoms with Crippen LogP contribution in [0.25, 0.3) is 10.8 Å². The molecule has 2 atom stereocenters. The van der Waals surface area contributed by atoms with Gasteiger partial charge in [0.2, 0.25) is 0 Å². The molecule has 0 aromatic heterocycles. The van der Waals surface area contributed by atoms with Gasteiger partial charge in [0, 0.05) is 9.30 Å². The van der Waals surface area contributed by atoms with Gasteiger partial charge in [0.05, 0.1) is 0 Å². The van der Waals surface area contributed by atoms with Crippen molar-refractivity contribution in [2.75, 3.05) is 0 Å². The lowest BCUT2D eigenvalue weighted by atomic mass is 9.94. The Labute approximate surface area is 120 Å².